The van der Waals surface area contributed by atoms with Gasteiger partial charge in [-0.3, -0.25) is 9.69 Å². The molecule has 0 aromatic carbocycles. The summed E-state index contributed by atoms with van der Waals surface area (Å²) in [5.74, 6) is -0.0601. The normalized spacial score (nSPS) is 16.8. The fraction of sp³-hybridized carbons (Fsp3) is 0.692. The molecule has 1 saturated heterocycles. The molecule has 0 unspecified atom stereocenters. The molecule has 5 heteroatoms. The Hall–Kier alpha value is -1.52. The van der Waals surface area contributed by atoms with Crippen LogP contribution in [0, 0.1) is 0 Å². The first kappa shape index (κ1) is 14.5. The lowest BCUT2D eigenvalue weighted by Gasteiger charge is -2.35. The third-order valence-corrected chi connectivity index (χ3v) is 2.43. The number of rotatable bonds is 2. The van der Waals surface area contributed by atoms with Crippen molar-refractivity contribution in [2.24, 2.45) is 0 Å². The van der Waals surface area contributed by atoms with Crippen LogP contribution in [0.2, 0.25) is 0 Å². The molecule has 1 fully saturated rings. The summed E-state index contributed by atoms with van der Waals surface area (Å²) >= 11 is 0. The van der Waals surface area contributed by atoms with Crippen molar-refractivity contribution < 1.29 is 14.3 Å². The van der Waals surface area contributed by atoms with Crippen molar-refractivity contribution in [3.8, 4) is 0 Å². The summed E-state index contributed by atoms with van der Waals surface area (Å²) in [5.41, 5.74) is 0.406. The van der Waals surface area contributed by atoms with Gasteiger partial charge in [-0.05, 0) is 27.7 Å². The van der Waals surface area contributed by atoms with E-state index in [4.69, 9.17) is 4.74 Å². The zero-order valence-corrected chi connectivity index (χ0v) is 11.7. The van der Waals surface area contributed by atoms with Gasteiger partial charge in [0.2, 0.25) is 5.91 Å². The largest absolute Gasteiger partial charge is 0.444 e. The van der Waals surface area contributed by atoms with Gasteiger partial charge < -0.3 is 9.64 Å². The van der Waals surface area contributed by atoms with E-state index in [1.165, 1.54) is 4.90 Å². The number of piperazine rings is 1. The number of hydrogen-bond donors (Lipinski definition) is 0. The van der Waals surface area contributed by atoms with E-state index in [0.29, 0.717) is 19.6 Å². The van der Waals surface area contributed by atoms with Crippen molar-refractivity contribution >= 4 is 12.0 Å². The van der Waals surface area contributed by atoms with Crippen molar-refractivity contribution in [2.45, 2.75) is 33.3 Å². The highest BCUT2D eigenvalue weighted by molar-refractivity contribution is 5.83. The predicted molar refractivity (Wildman–Crippen MR) is 69.2 cm³/mol. The molecule has 2 amide bonds. The molecular weight excluding hydrogens is 232 g/mol. The number of hydrogen-bond acceptors (Lipinski definition) is 3. The van der Waals surface area contributed by atoms with Crippen LogP contribution in [0.5, 0.6) is 0 Å². The molecule has 0 spiro atoms. The van der Waals surface area contributed by atoms with Crippen molar-refractivity contribution in [2.75, 3.05) is 26.2 Å². The van der Waals surface area contributed by atoms with Crippen LogP contribution < -0.4 is 0 Å². The van der Waals surface area contributed by atoms with Crippen LogP contribution in [0.3, 0.4) is 0 Å². The Kier molecular flexibility index (Phi) is 4.38. The molecule has 1 rings (SSSR count). The van der Waals surface area contributed by atoms with Gasteiger partial charge in [0.1, 0.15) is 12.1 Å². The van der Waals surface area contributed by atoms with E-state index in [1.54, 1.807) is 4.90 Å². The zero-order chi connectivity index (χ0) is 13.9. The van der Waals surface area contributed by atoms with Crippen LogP contribution >= 0.6 is 0 Å². The SMILES string of the molecule is C=C(C)CN1CCN(C(=O)OC(C)(C)C)CC1=O. The third kappa shape index (κ3) is 4.39. The second-order valence-corrected chi connectivity index (χ2v) is 5.67. The molecule has 0 bridgehead atoms. The van der Waals surface area contributed by atoms with Gasteiger partial charge in [-0.1, -0.05) is 12.2 Å². The number of carbonyl (C=O) groups is 2. The Labute approximate surface area is 108 Å². The summed E-state index contributed by atoms with van der Waals surface area (Å²) in [6.07, 6.45) is -0.425. The van der Waals surface area contributed by atoms with E-state index >= 15 is 0 Å². The molecule has 0 atom stereocenters. The van der Waals surface area contributed by atoms with Gasteiger partial charge in [0.25, 0.3) is 0 Å². The molecule has 1 aliphatic heterocycles. The first-order valence-corrected chi connectivity index (χ1v) is 6.09. The highest BCUT2D eigenvalue weighted by Gasteiger charge is 2.29. The Morgan fingerprint density at radius 1 is 1.39 bits per heavy atom. The van der Waals surface area contributed by atoms with E-state index in [1.807, 2.05) is 27.7 Å². The minimum atomic E-state index is -0.533. The summed E-state index contributed by atoms with van der Waals surface area (Å²) in [5, 5.41) is 0. The van der Waals surface area contributed by atoms with Crippen molar-refractivity contribution in [1.29, 1.82) is 0 Å². The molecular formula is C13H22N2O3. The Morgan fingerprint density at radius 2 is 2.00 bits per heavy atom. The van der Waals surface area contributed by atoms with Gasteiger partial charge in [0.15, 0.2) is 0 Å². The standard InChI is InChI=1S/C13H22N2O3/c1-10(2)8-14-6-7-15(9-11(14)16)12(17)18-13(3,4)5/h1,6-9H2,2-5H3. The van der Waals surface area contributed by atoms with Crippen LogP contribution in [0.25, 0.3) is 0 Å². The molecule has 0 radical (unpaired) electrons. The van der Waals surface area contributed by atoms with Gasteiger partial charge in [0, 0.05) is 19.6 Å². The van der Waals surface area contributed by atoms with E-state index in [0.717, 1.165) is 5.57 Å². The highest BCUT2D eigenvalue weighted by atomic mass is 16.6. The lowest BCUT2D eigenvalue weighted by Crippen LogP contribution is -2.53. The van der Waals surface area contributed by atoms with Crippen LogP contribution in [0.1, 0.15) is 27.7 Å². The van der Waals surface area contributed by atoms with Crippen molar-refractivity contribution in [1.82, 2.24) is 9.80 Å². The van der Waals surface area contributed by atoms with Gasteiger partial charge >= 0.3 is 6.09 Å². The Morgan fingerprint density at radius 3 is 2.44 bits per heavy atom. The van der Waals surface area contributed by atoms with E-state index < -0.39 is 11.7 Å². The molecule has 1 heterocycles. The lowest BCUT2D eigenvalue weighted by molar-refractivity contribution is -0.135. The molecule has 0 aromatic rings. The molecule has 5 nitrogen and oxygen atoms in total. The van der Waals surface area contributed by atoms with Crippen molar-refractivity contribution in [3.63, 3.8) is 0 Å². The molecule has 0 aliphatic carbocycles. The van der Waals surface area contributed by atoms with Gasteiger partial charge in [-0.2, -0.15) is 0 Å². The maximum atomic E-state index is 11.8. The van der Waals surface area contributed by atoms with Gasteiger partial charge in [0.05, 0.1) is 0 Å². The minimum Gasteiger partial charge on any atom is -0.444 e. The molecule has 1 aliphatic rings. The molecule has 0 saturated carbocycles. The number of nitrogens with zero attached hydrogens (tertiary/aromatic N) is 2. The maximum Gasteiger partial charge on any atom is 0.410 e. The average molecular weight is 254 g/mol. The third-order valence-electron chi connectivity index (χ3n) is 2.43. The van der Waals surface area contributed by atoms with Crippen LogP contribution in [-0.2, 0) is 9.53 Å². The quantitative estimate of drug-likeness (QED) is 0.704. The monoisotopic (exact) mass is 254 g/mol. The Bertz CT molecular complexity index is 358. The predicted octanol–water partition coefficient (Wildman–Crippen LogP) is 1.64. The molecule has 0 N–H and O–H groups in total. The summed E-state index contributed by atoms with van der Waals surface area (Å²) < 4.78 is 5.24. The first-order chi connectivity index (χ1) is 8.19. The number of carbonyl (C=O) groups excluding carboxylic acids is 2. The second kappa shape index (κ2) is 5.42. The topological polar surface area (TPSA) is 49.9 Å². The summed E-state index contributed by atoms with van der Waals surface area (Å²) in [6.45, 7) is 12.8. The maximum absolute atomic E-state index is 11.8. The number of ether oxygens (including phenoxy) is 1. The first-order valence-electron chi connectivity index (χ1n) is 6.09. The average Bonchev–Trinajstić information content (AvgIpc) is 2.17. The van der Waals surface area contributed by atoms with E-state index in [2.05, 4.69) is 6.58 Å². The molecule has 102 valence electrons. The van der Waals surface area contributed by atoms with E-state index in [9.17, 15) is 9.59 Å². The van der Waals surface area contributed by atoms with Crippen LogP contribution in [0.15, 0.2) is 12.2 Å². The summed E-state index contributed by atoms with van der Waals surface area (Å²) in [4.78, 5) is 26.8. The molecule has 0 aromatic heterocycles. The number of amides is 2. The summed E-state index contributed by atoms with van der Waals surface area (Å²) in [6, 6.07) is 0. The van der Waals surface area contributed by atoms with Crippen LogP contribution in [-0.4, -0.2) is 53.6 Å². The van der Waals surface area contributed by atoms with Gasteiger partial charge in [-0.15, -0.1) is 0 Å². The van der Waals surface area contributed by atoms with E-state index in [-0.39, 0.29) is 12.5 Å². The molecule has 18 heavy (non-hydrogen) atoms. The summed E-state index contributed by atoms with van der Waals surface area (Å²) in [7, 11) is 0. The Balaban J connectivity index is 2.53. The van der Waals surface area contributed by atoms with Crippen LogP contribution in [0.4, 0.5) is 4.79 Å². The highest BCUT2D eigenvalue weighted by Crippen LogP contribution is 2.12. The smallest absolute Gasteiger partial charge is 0.410 e. The lowest BCUT2D eigenvalue weighted by atomic mass is 10.2. The fourth-order valence-corrected chi connectivity index (χ4v) is 1.68. The van der Waals surface area contributed by atoms with Gasteiger partial charge in [-0.25, -0.2) is 4.79 Å². The fourth-order valence-electron chi connectivity index (χ4n) is 1.68. The minimum absolute atomic E-state index is 0.0601. The van der Waals surface area contributed by atoms with Crippen molar-refractivity contribution in [3.05, 3.63) is 12.2 Å². The zero-order valence-electron chi connectivity index (χ0n) is 11.7. The second-order valence-electron chi connectivity index (χ2n) is 5.67.